The van der Waals surface area contributed by atoms with Crippen molar-refractivity contribution in [1.29, 1.82) is 0 Å². The molecular weight excluding hydrogens is 272 g/mol. The Bertz CT molecular complexity index is 457. The van der Waals surface area contributed by atoms with Gasteiger partial charge in [0.15, 0.2) is 6.04 Å². The third-order valence-corrected chi connectivity index (χ3v) is 4.97. The van der Waals surface area contributed by atoms with E-state index >= 15 is 0 Å². The SMILES string of the molecule is CC(C)(C)c1nc(C(C(=O)O)N2CCCCCC2)cs1. The molecule has 0 spiro atoms. The van der Waals surface area contributed by atoms with Gasteiger partial charge in [0.1, 0.15) is 0 Å². The van der Waals surface area contributed by atoms with Crippen LogP contribution in [-0.4, -0.2) is 34.0 Å². The summed E-state index contributed by atoms with van der Waals surface area (Å²) in [6.45, 7) is 8.05. The quantitative estimate of drug-likeness (QED) is 0.928. The van der Waals surface area contributed by atoms with Crippen LogP contribution in [0.1, 0.15) is 63.2 Å². The van der Waals surface area contributed by atoms with Crippen molar-refractivity contribution in [1.82, 2.24) is 9.88 Å². The van der Waals surface area contributed by atoms with Gasteiger partial charge in [-0.25, -0.2) is 4.98 Å². The highest BCUT2D eigenvalue weighted by atomic mass is 32.1. The van der Waals surface area contributed by atoms with Crippen LogP contribution in [0.5, 0.6) is 0 Å². The van der Waals surface area contributed by atoms with Gasteiger partial charge in [0.25, 0.3) is 0 Å². The van der Waals surface area contributed by atoms with E-state index in [0.29, 0.717) is 5.69 Å². The lowest BCUT2D eigenvalue weighted by Crippen LogP contribution is -2.35. The molecule has 0 aliphatic carbocycles. The van der Waals surface area contributed by atoms with E-state index in [1.807, 2.05) is 5.38 Å². The van der Waals surface area contributed by atoms with Crippen molar-refractivity contribution >= 4 is 17.3 Å². The maximum Gasteiger partial charge on any atom is 0.327 e. The van der Waals surface area contributed by atoms with E-state index in [-0.39, 0.29) is 5.41 Å². The van der Waals surface area contributed by atoms with E-state index in [1.165, 1.54) is 12.8 Å². The number of hydrogen-bond donors (Lipinski definition) is 1. The first-order chi connectivity index (χ1) is 9.39. The minimum Gasteiger partial charge on any atom is -0.480 e. The topological polar surface area (TPSA) is 53.4 Å². The first kappa shape index (κ1) is 15.4. The highest BCUT2D eigenvalue weighted by Gasteiger charge is 2.31. The predicted octanol–water partition coefficient (Wildman–Crippen LogP) is 3.44. The summed E-state index contributed by atoms with van der Waals surface area (Å²) in [5.74, 6) is -0.780. The zero-order valence-electron chi connectivity index (χ0n) is 12.6. The van der Waals surface area contributed by atoms with Crippen molar-refractivity contribution in [2.75, 3.05) is 13.1 Å². The summed E-state index contributed by atoms with van der Waals surface area (Å²) in [6, 6.07) is -0.583. The summed E-state index contributed by atoms with van der Waals surface area (Å²) in [5, 5.41) is 12.5. The first-order valence-electron chi connectivity index (χ1n) is 7.32. The van der Waals surface area contributed by atoms with Gasteiger partial charge in [-0.1, -0.05) is 33.6 Å². The minimum absolute atomic E-state index is 0.0231. The number of likely N-dealkylation sites (tertiary alicyclic amines) is 1. The highest BCUT2D eigenvalue weighted by Crippen LogP contribution is 2.30. The molecule has 0 saturated carbocycles. The zero-order chi connectivity index (χ0) is 14.8. The van der Waals surface area contributed by atoms with Crippen molar-refractivity contribution in [3.8, 4) is 0 Å². The molecule has 1 aliphatic rings. The molecular formula is C15H24N2O2S. The first-order valence-corrected chi connectivity index (χ1v) is 8.20. The van der Waals surface area contributed by atoms with Gasteiger partial charge >= 0.3 is 5.97 Å². The largest absolute Gasteiger partial charge is 0.480 e. The van der Waals surface area contributed by atoms with Crippen LogP contribution in [0.15, 0.2) is 5.38 Å². The Morgan fingerprint density at radius 1 is 1.30 bits per heavy atom. The summed E-state index contributed by atoms with van der Waals surface area (Å²) in [7, 11) is 0. The van der Waals surface area contributed by atoms with Crippen LogP contribution in [0, 0.1) is 0 Å². The van der Waals surface area contributed by atoms with Crippen molar-refractivity contribution in [3.05, 3.63) is 16.1 Å². The van der Waals surface area contributed by atoms with Gasteiger partial charge in [-0.05, 0) is 25.9 Å². The summed E-state index contributed by atoms with van der Waals surface area (Å²) in [6.07, 6.45) is 4.57. The van der Waals surface area contributed by atoms with Crippen LogP contribution in [-0.2, 0) is 10.2 Å². The van der Waals surface area contributed by atoms with Gasteiger partial charge in [0.05, 0.1) is 10.7 Å². The van der Waals surface area contributed by atoms with Crippen molar-refractivity contribution in [2.45, 2.75) is 57.9 Å². The normalized spacial score (nSPS) is 19.6. The number of carboxylic acids is 1. The van der Waals surface area contributed by atoms with E-state index in [0.717, 1.165) is 30.9 Å². The van der Waals surface area contributed by atoms with Crippen LogP contribution >= 0.6 is 11.3 Å². The number of carboxylic acid groups (broad SMARTS) is 1. The smallest absolute Gasteiger partial charge is 0.327 e. The molecule has 1 aromatic heterocycles. The standard InChI is InChI=1S/C15H24N2O2S/c1-15(2,3)14-16-11(10-20-14)12(13(18)19)17-8-6-4-5-7-9-17/h10,12H,4-9H2,1-3H3,(H,18,19). The predicted molar refractivity (Wildman–Crippen MR) is 81.2 cm³/mol. The summed E-state index contributed by atoms with van der Waals surface area (Å²) < 4.78 is 0. The third-order valence-electron chi connectivity index (χ3n) is 3.68. The van der Waals surface area contributed by atoms with Crippen molar-refractivity contribution in [2.24, 2.45) is 0 Å². The Balaban J connectivity index is 2.24. The van der Waals surface area contributed by atoms with Gasteiger partial charge in [0, 0.05) is 10.8 Å². The van der Waals surface area contributed by atoms with Gasteiger partial charge in [-0.15, -0.1) is 11.3 Å². The molecule has 0 aromatic carbocycles. The molecule has 4 nitrogen and oxygen atoms in total. The minimum atomic E-state index is -0.780. The van der Waals surface area contributed by atoms with Crippen molar-refractivity contribution < 1.29 is 9.90 Å². The maximum absolute atomic E-state index is 11.7. The molecule has 1 unspecified atom stereocenters. The molecule has 0 radical (unpaired) electrons. The monoisotopic (exact) mass is 296 g/mol. The second kappa shape index (κ2) is 6.22. The lowest BCUT2D eigenvalue weighted by molar-refractivity contribution is -0.143. The summed E-state index contributed by atoms with van der Waals surface area (Å²) in [4.78, 5) is 18.4. The lowest BCUT2D eigenvalue weighted by atomic mass is 9.98. The molecule has 5 heteroatoms. The van der Waals surface area contributed by atoms with Crippen molar-refractivity contribution in [3.63, 3.8) is 0 Å². The van der Waals surface area contributed by atoms with Gasteiger partial charge < -0.3 is 5.11 Å². The van der Waals surface area contributed by atoms with Crippen LogP contribution in [0.2, 0.25) is 0 Å². The van der Waals surface area contributed by atoms with Crippen LogP contribution in [0.25, 0.3) is 0 Å². The summed E-state index contributed by atoms with van der Waals surface area (Å²) in [5.41, 5.74) is 0.680. The molecule has 1 atom stereocenters. The molecule has 1 aliphatic heterocycles. The van der Waals surface area contributed by atoms with E-state index in [4.69, 9.17) is 0 Å². The maximum atomic E-state index is 11.7. The van der Waals surface area contributed by atoms with Crippen LogP contribution in [0.3, 0.4) is 0 Å². The second-order valence-electron chi connectivity index (χ2n) is 6.52. The molecule has 0 bridgehead atoms. The van der Waals surface area contributed by atoms with E-state index in [1.54, 1.807) is 11.3 Å². The number of thiazole rings is 1. The van der Waals surface area contributed by atoms with Gasteiger partial charge in [-0.2, -0.15) is 0 Å². The number of aromatic nitrogens is 1. The highest BCUT2D eigenvalue weighted by molar-refractivity contribution is 7.09. The average molecular weight is 296 g/mol. The Morgan fingerprint density at radius 2 is 1.90 bits per heavy atom. The zero-order valence-corrected chi connectivity index (χ0v) is 13.4. The Hall–Kier alpha value is -0.940. The summed E-state index contributed by atoms with van der Waals surface area (Å²) >= 11 is 1.57. The van der Waals surface area contributed by atoms with E-state index in [2.05, 4.69) is 30.7 Å². The Morgan fingerprint density at radius 3 is 2.35 bits per heavy atom. The molecule has 2 rings (SSSR count). The lowest BCUT2D eigenvalue weighted by Gasteiger charge is -2.26. The fourth-order valence-electron chi connectivity index (χ4n) is 2.58. The van der Waals surface area contributed by atoms with Crippen LogP contribution in [0.4, 0.5) is 0 Å². The van der Waals surface area contributed by atoms with Gasteiger partial charge in [0.2, 0.25) is 0 Å². The molecule has 0 amide bonds. The second-order valence-corrected chi connectivity index (χ2v) is 7.38. The number of carbonyl (C=O) groups is 1. The number of nitrogens with zero attached hydrogens (tertiary/aromatic N) is 2. The van der Waals surface area contributed by atoms with E-state index in [9.17, 15) is 9.90 Å². The molecule has 2 heterocycles. The van der Waals surface area contributed by atoms with Crippen LogP contribution < -0.4 is 0 Å². The number of rotatable bonds is 3. The third kappa shape index (κ3) is 3.58. The molecule has 1 fully saturated rings. The molecule has 1 N–H and O–H groups in total. The molecule has 1 saturated heterocycles. The fourth-order valence-corrected chi connectivity index (χ4v) is 3.50. The number of aliphatic carboxylic acids is 1. The Kier molecular flexibility index (Phi) is 4.81. The molecule has 20 heavy (non-hydrogen) atoms. The fraction of sp³-hybridized carbons (Fsp3) is 0.733. The van der Waals surface area contributed by atoms with E-state index < -0.39 is 12.0 Å². The molecule has 1 aromatic rings. The molecule has 112 valence electrons. The Labute approximate surface area is 124 Å². The van der Waals surface area contributed by atoms with Gasteiger partial charge in [-0.3, -0.25) is 9.69 Å². The number of hydrogen-bond acceptors (Lipinski definition) is 4. The average Bonchev–Trinajstić information content (AvgIpc) is 2.67.